The fourth-order valence-corrected chi connectivity index (χ4v) is 2.04. The molecule has 6 heteroatoms. The molecule has 1 amide bonds. The average molecular weight is 308 g/mol. The second-order valence-corrected chi connectivity index (χ2v) is 6.10. The van der Waals surface area contributed by atoms with Gasteiger partial charge in [-0.15, -0.1) is 0 Å². The van der Waals surface area contributed by atoms with Gasteiger partial charge < -0.3 is 19.1 Å². The Morgan fingerprint density at radius 3 is 2.59 bits per heavy atom. The van der Waals surface area contributed by atoms with Crippen molar-refractivity contribution in [2.75, 3.05) is 39.5 Å². The molecule has 0 N–H and O–H groups in total. The minimum absolute atomic E-state index is 0.0154. The quantitative estimate of drug-likeness (QED) is 0.776. The zero-order valence-corrected chi connectivity index (χ0v) is 13.5. The molecule has 22 heavy (non-hydrogen) atoms. The zero-order chi connectivity index (χ0) is 16.0. The number of hydrogen-bond donors (Lipinski definition) is 0. The molecule has 2 rings (SSSR count). The number of aromatic nitrogens is 1. The van der Waals surface area contributed by atoms with E-state index in [2.05, 4.69) is 4.98 Å². The number of pyridine rings is 1. The lowest BCUT2D eigenvalue weighted by atomic mass is 10.2. The maximum atomic E-state index is 12.3. The van der Waals surface area contributed by atoms with Gasteiger partial charge in [-0.05, 0) is 26.8 Å². The van der Waals surface area contributed by atoms with Crippen molar-refractivity contribution in [3.8, 4) is 5.88 Å². The van der Waals surface area contributed by atoms with Crippen LogP contribution in [-0.2, 0) is 9.47 Å². The summed E-state index contributed by atoms with van der Waals surface area (Å²) in [5, 5.41) is 0. The summed E-state index contributed by atoms with van der Waals surface area (Å²) in [5.74, 6) is 0.481. The molecule has 0 aliphatic carbocycles. The Labute approximate surface area is 131 Å². The Morgan fingerprint density at radius 2 is 2.00 bits per heavy atom. The summed E-state index contributed by atoms with van der Waals surface area (Å²) in [6.45, 7) is 9.36. The normalized spacial score (nSPS) is 15.7. The van der Waals surface area contributed by atoms with Gasteiger partial charge in [0, 0.05) is 25.4 Å². The summed E-state index contributed by atoms with van der Waals surface area (Å²) in [4.78, 5) is 18.2. The lowest BCUT2D eigenvalue weighted by Crippen LogP contribution is -2.40. The second-order valence-electron chi connectivity index (χ2n) is 6.10. The van der Waals surface area contributed by atoms with Gasteiger partial charge in [0.1, 0.15) is 6.61 Å². The van der Waals surface area contributed by atoms with Crippen molar-refractivity contribution < 1.29 is 19.0 Å². The largest absolute Gasteiger partial charge is 0.475 e. The van der Waals surface area contributed by atoms with Crippen LogP contribution in [0.2, 0.25) is 0 Å². The van der Waals surface area contributed by atoms with Crippen LogP contribution in [0.15, 0.2) is 18.3 Å². The Balaban J connectivity index is 1.81. The van der Waals surface area contributed by atoms with Crippen LogP contribution >= 0.6 is 0 Å². The molecule has 1 aliphatic rings. The highest BCUT2D eigenvalue weighted by Crippen LogP contribution is 2.12. The summed E-state index contributed by atoms with van der Waals surface area (Å²) in [7, 11) is 0. The highest BCUT2D eigenvalue weighted by molar-refractivity contribution is 5.94. The van der Waals surface area contributed by atoms with Gasteiger partial charge in [-0.2, -0.15) is 0 Å². The molecule has 6 nitrogen and oxygen atoms in total. The van der Waals surface area contributed by atoms with Gasteiger partial charge in [-0.1, -0.05) is 0 Å². The molecule has 1 fully saturated rings. The van der Waals surface area contributed by atoms with Crippen LogP contribution in [0.4, 0.5) is 0 Å². The molecule has 0 aromatic carbocycles. The Morgan fingerprint density at radius 1 is 1.27 bits per heavy atom. The van der Waals surface area contributed by atoms with Crippen molar-refractivity contribution in [3.05, 3.63) is 23.9 Å². The molecule has 0 bridgehead atoms. The number of ether oxygens (including phenoxy) is 3. The summed E-state index contributed by atoms with van der Waals surface area (Å²) < 4.78 is 16.3. The number of nitrogens with zero attached hydrogens (tertiary/aromatic N) is 2. The summed E-state index contributed by atoms with van der Waals surface area (Å²) in [6.07, 6.45) is 1.55. The predicted octanol–water partition coefficient (Wildman–Crippen LogP) is 1.75. The zero-order valence-electron chi connectivity index (χ0n) is 13.5. The third-order valence-electron chi connectivity index (χ3n) is 3.15. The van der Waals surface area contributed by atoms with Crippen LogP contribution in [0.3, 0.4) is 0 Å². The minimum Gasteiger partial charge on any atom is -0.475 e. The SMILES string of the molecule is CC(C)(C)OCCOc1ccc(C(=O)N2CCOCC2)cn1. The van der Waals surface area contributed by atoms with Crippen LogP contribution < -0.4 is 4.74 Å². The van der Waals surface area contributed by atoms with Crippen molar-refractivity contribution in [2.45, 2.75) is 26.4 Å². The molecule has 0 radical (unpaired) electrons. The topological polar surface area (TPSA) is 60.9 Å². The fraction of sp³-hybridized carbons (Fsp3) is 0.625. The van der Waals surface area contributed by atoms with E-state index in [0.29, 0.717) is 51.0 Å². The van der Waals surface area contributed by atoms with Crippen molar-refractivity contribution in [1.82, 2.24) is 9.88 Å². The predicted molar refractivity (Wildman–Crippen MR) is 82.2 cm³/mol. The smallest absolute Gasteiger partial charge is 0.255 e. The van der Waals surface area contributed by atoms with Gasteiger partial charge >= 0.3 is 0 Å². The van der Waals surface area contributed by atoms with Crippen molar-refractivity contribution in [1.29, 1.82) is 0 Å². The molecule has 122 valence electrons. The number of carbonyl (C=O) groups excluding carboxylic acids is 1. The Bertz CT molecular complexity index is 476. The minimum atomic E-state index is -0.175. The molecule has 1 aromatic rings. The van der Waals surface area contributed by atoms with E-state index in [4.69, 9.17) is 14.2 Å². The molecule has 1 saturated heterocycles. The Kier molecular flexibility index (Phi) is 5.74. The van der Waals surface area contributed by atoms with Gasteiger partial charge in [0.05, 0.1) is 31.0 Å². The van der Waals surface area contributed by atoms with E-state index in [9.17, 15) is 4.79 Å². The first-order valence-electron chi connectivity index (χ1n) is 7.55. The summed E-state index contributed by atoms with van der Waals surface area (Å²) >= 11 is 0. The molecule has 0 spiro atoms. The number of rotatable bonds is 5. The standard InChI is InChI=1S/C16H24N2O4/c1-16(2,3)22-11-10-21-14-5-4-13(12-17-14)15(19)18-6-8-20-9-7-18/h4-5,12H,6-11H2,1-3H3. The molecule has 2 heterocycles. The van der Waals surface area contributed by atoms with Crippen molar-refractivity contribution >= 4 is 5.91 Å². The lowest BCUT2D eigenvalue weighted by molar-refractivity contribution is -0.0168. The molecule has 1 aliphatic heterocycles. The van der Waals surface area contributed by atoms with Crippen LogP contribution in [-0.4, -0.2) is 60.9 Å². The van der Waals surface area contributed by atoms with Gasteiger partial charge in [0.2, 0.25) is 5.88 Å². The number of hydrogen-bond acceptors (Lipinski definition) is 5. The van der Waals surface area contributed by atoms with Gasteiger partial charge in [0.25, 0.3) is 5.91 Å². The van der Waals surface area contributed by atoms with Crippen LogP contribution in [0.1, 0.15) is 31.1 Å². The van der Waals surface area contributed by atoms with Crippen LogP contribution in [0.25, 0.3) is 0 Å². The summed E-state index contributed by atoms with van der Waals surface area (Å²) in [6, 6.07) is 3.45. The van der Waals surface area contributed by atoms with E-state index in [1.54, 1.807) is 23.2 Å². The highest BCUT2D eigenvalue weighted by atomic mass is 16.5. The van der Waals surface area contributed by atoms with E-state index < -0.39 is 0 Å². The average Bonchev–Trinajstić information content (AvgIpc) is 2.51. The van der Waals surface area contributed by atoms with Crippen molar-refractivity contribution in [2.24, 2.45) is 0 Å². The first-order valence-corrected chi connectivity index (χ1v) is 7.55. The van der Waals surface area contributed by atoms with E-state index in [-0.39, 0.29) is 11.5 Å². The number of amides is 1. The summed E-state index contributed by atoms with van der Waals surface area (Å²) in [5.41, 5.74) is 0.394. The van der Waals surface area contributed by atoms with Crippen LogP contribution in [0, 0.1) is 0 Å². The molecule has 0 atom stereocenters. The van der Waals surface area contributed by atoms with E-state index in [1.807, 2.05) is 20.8 Å². The second kappa shape index (κ2) is 7.56. The molecular formula is C16H24N2O4. The first kappa shape index (κ1) is 16.7. The third kappa shape index (κ3) is 5.27. The monoisotopic (exact) mass is 308 g/mol. The van der Waals surface area contributed by atoms with E-state index in [1.165, 1.54) is 0 Å². The first-order chi connectivity index (χ1) is 10.5. The molecule has 0 saturated carbocycles. The van der Waals surface area contributed by atoms with Gasteiger partial charge in [-0.25, -0.2) is 4.98 Å². The fourth-order valence-electron chi connectivity index (χ4n) is 2.04. The van der Waals surface area contributed by atoms with Gasteiger partial charge in [0.15, 0.2) is 0 Å². The molecule has 1 aromatic heterocycles. The molecular weight excluding hydrogens is 284 g/mol. The molecule has 0 unspecified atom stereocenters. The number of morpholine rings is 1. The Hall–Kier alpha value is -1.66. The maximum Gasteiger partial charge on any atom is 0.255 e. The third-order valence-corrected chi connectivity index (χ3v) is 3.15. The van der Waals surface area contributed by atoms with Crippen molar-refractivity contribution in [3.63, 3.8) is 0 Å². The highest BCUT2D eigenvalue weighted by Gasteiger charge is 2.18. The van der Waals surface area contributed by atoms with E-state index >= 15 is 0 Å². The number of carbonyl (C=O) groups is 1. The van der Waals surface area contributed by atoms with E-state index in [0.717, 1.165) is 0 Å². The van der Waals surface area contributed by atoms with Gasteiger partial charge in [-0.3, -0.25) is 4.79 Å². The maximum absolute atomic E-state index is 12.3. The van der Waals surface area contributed by atoms with Crippen LogP contribution in [0.5, 0.6) is 5.88 Å². The lowest BCUT2D eigenvalue weighted by Gasteiger charge is -2.26.